The zero-order valence-electron chi connectivity index (χ0n) is 6.91. The molecule has 0 aromatic heterocycles. The van der Waals surface area contributed by atoms with Crippen LogP contribution in [0.4, 0.5) is 0 Å². The van der Waals surface area contributed by atoms with Gasteiger partial charge in [-0.2, -0.15) is 0 Å². The van der Waals surface area contributed by atoms with Crippen LogP contribution in [0.25, 0.3) is 0 Å². The summed E-state index contributed by atoms with van der Waals surface area (Å²) in [6, 6.07) is 0. The van der Waals surface area contributed by atoms with E-state index in [1.807, 2.05) is 6.08 Å². The van der Waals surface area contributed by atoms with E-state index in [1.165, 1.54) is 0 Å². The molecule has 1 aliphatic heterocycles. The van der Waals surface area contributed by atoms with E-state index in [1.54, 1.807) is 0 Å². The number of hydrogen-bond acceptors (Lipinski definition) is 4. The molecule has 2 atom stereocenters. The van der Waals surface area contributed by atoms with Crippen LogP contribution in [-0.2, 0) is 19.4 Å². The average molecular weight is 180 g/mol. The van der Waals surface area contributed by atoms with Crippen LogP contribution < -0.4 is 0 Å². The van der Waals surface area contributed by atoms with Gasteiger partial charge in [0.15, 0.2) is 0 Å². The highest BCUT2D eigenvalue weighted by molar-refractivity contribution is 6.01. The normalized spacial score (nSPS) is 40.9. The van der Waals surface area contributed by atoms with E-state index in [2.05, 4.69) is 9.78 Å². The molecule has 0 amide bonds. The van der Waals surface area contributed by atoms with E-state index in [-0.39, 0.29) is 0 Å². The van der Waals surface area contributed by atoms with Crippen molar-refractivity contribution in [1.82, 2.24) is 0 Å². The van der Waals surface area contributed by atoms with Gasteiger partial charge < -0.3 is 0 Å². The van der Waals surface area contributed by atoms with E-state index < -0.39 is 17.4 Å². The molecule has 1 spiro atoms. The minimum Gasteiger partial charge on any atom is -0.246 e. The lowest BCUT2D eigenvalue weighted by Crippen LogP contribution is -2.40. The Balaban J connectivity index is 2.14. The second-order valence-electron chi connectivity index (χ2n) is 3.91. The lowest BCUT2D eigenvalue weighted by Gasteiger charge is -2.28. The number of rotatable bonds is 0. The predicted octanol–water partition coefficient (Wildman–Crippen LogP) is 0.728. The maximum absolute atomic E-state index is 11.5. The SMILES string of the molecule is O=C1OOC(=O)C23CCC(C=C12)C3. The molecule has 2 bridgehead atoms. The van der Waals surface area contributed by atoms with Crippen LogP contribution in [0.3, 0.4) is 0 Å². The molecule has 68 valence electrons. The van der Waals surface area contributed by atoms with Crippen LogP contribution in [0.5, 0.6) is 0 Å². The Bertz CT molecular complexity index is 344. The summed E-state index contributed by atoms with van der Waals surface area (Å²) >= 11 is 0. The minimum absolute atomic E-state index is 0.369. The van der Waals surface area contributed by atoms with Crippen molar-refractivity contribution in [3.05, 3.63) is 11.6 Å². The van der Waals surface area contributed by atoms with Crippen LogP contribution in [0.2, 0.25) is 0 Å². The van der Waals surface area contributed by atoms with Crippen molar-refractivity contribution in [2.45, 2.75) is 19.3 Å². The molecule has 13 heavy (non-hydrogen) atoms. The second kappa shape index (κ2) is 1.95. The van der Waals surface area contributed by atoms with E-state index in [0.29, 0.717) is 11.5 Å². The zero-order valence-corrected chi connectivity index (χ0v) is 6.91. The molecule has 4 heteroatoms. The van der Waals surface area contributed by atoms with Crippen molar-refractivity contribution in [2.75, 3.05) is 0 Å². The summed E-state index contributed by atoms with van der Waals surface area (Å²) in [4.78, 5) is 31.4. The van der Waals surface area contributed by atoms with Crippen LogP contribution in [-0.4, -0.2) is 11.9 Å². The van der Waals surface area contributed by atoms with E-state index in [0.717, 1.165) is 19.3 Å². The summed E-state index contributed by atoms with van der Waals surface area (Å²) in [7, 11) is 0. The summed E-state index contributed by atoms with van der Waals surface area (Å²) in [6.07, 6.45) is 4.31. The second-order valence-corrected chi connectivity index (χ2v) is 3.91. The third-order valence-corrected chi connectivity index (χ3v) is 3.27. The highest BCUT2D eigenvalue weighted by Crippen LogP contribution is 2.56. The fourth-order valence-corrected chi connectivity index (χ4v) is 2.62. The fraction of sp³-hybridized carbons (Fsp3) is 0.556. The summed E-state index contributed by atoms with van der Waals surface area (Å²) in [5.74, 6) is -0.506. The number of fused-ring (bicyclic) bond motifs is 1. The Morgan fingerprint density at radius 3 is 2.92 bits per heavy atom. The van der Waals surface area contributed by atoms with Gasteiger partial charge in [0.1, 0.15) is 5.41 Å². The third kappa shape index (κ3) is 0.669. The molecule has 0 aromatic carbocycles. The van der Waals surface area contributed by atoms with Crippen molar-refractivity contribution < 1.29 is 19.4 Å². The van der Waals surface area contributed by atoms with Gasteiger partial charge in [0.05, 0.1) is 5.57 Å². The van der Waals surface area contributed by atoms with Gasteiger partial charge in [-0.15, -0.1) is 0 Å². The predicted molar refractivity (Wildman–Crippen MR) is 40.0 cm³/mol. The molecule has 2 aliphatic carbocycles. The van der Waals surface area contributed by atoms with Crippen LogP contribution in [0.1, 0.15) is 19.3 Å². The van der Waals surface area contributed by atoms with Gasteiger partial charge >= 0.3 is 11.9 Å². The van der Waals surface area contributed by atoms with E-state index in [4.69, 9.17) is 0 Å². The quantitative estimate of drug-likeness (QED) is 0.515. The largest absolute Gasteiger partial charge is 0.383 e. The Morgan fingerprint density at radius 2 is 2.23 bits per heavy atom. The van der Waals surface area contributed by atoms with Gasteiger partial charge in [0, 0.05) is 0 Å². The fourth-order valence-electron chi connectivity index (χ4n) is 2.62. The molecule has 4 nitrogen and oxygen atoms in total. The van der Waals surface area contributed by atoms with Crippen molar-refractivity contribution in [3.63, 3.8) is 0 Å². The topological polar surface area (TPSA) is 52.6 Å². The maximum atomic E-state index is 11.5. The standard InChI is InChI=1S/C9H8O4/c10-7-6-3-5-1-2-9(6,4-5)8(11)13-12-7/h3,5H,1-2,4H2. The highest BCUT2D eigenvalue weighted by atomic mass is 17.2. The van der Waals surface area contributed by atoms with Crippen molar-refractivity contribution in [2.24, 2.45) is 11.3 Å². The molecule has 3 rings (SSSR count). The Kier molecular flexibility index (Phi) is 1.07. The Morgan fingerprint density at radius 1 is 1.38 bits per heavy atom. The van der Waals surface area contributed by atoms with E-state index in [9.17, 15) is 9.59 Å². The highest BCUT2D eigenvalue weighted by Gasteiger charge is 2.59. The van der Waals surface area contributed by atoms with Gasteiger partial charge in [-0.25, -0.2) is 19.4 Å². The molecule has 2 unspecified atom stereocenters. The lowest BCUT2D eigenvalue weighted by molar-refractivity contribution is -0.271. The van der Waals surface area contributed by atoms with Crippen LogP contribution >= 0.6 is 0 Å². The van der Waals surface area contributed by atoms with Crippen molar-refractivity contribution >= 4 is 11.9 Å². The molecule has 1 saturated heterocycles. The van der Waals surface area contributed by atoms with Gasteiger partial charge in [-0.1, -0.05) is 6.08 Å². The lowest BCUT2D eigenvalue weighted by atomic mass is 9.80. The molecule has 1 saturated carbocycles. The first-order valence-electron chi connectivity index (χ1n) is 4.38. The molecular formula is C9H8O4. The first-order chi connectivity index (χ1) is 6.22. The number of hydrogen-bond donors (Lipinski definition) is 0. The smallest absolute Gasteiger partial charge is 0.246 e. The van der Waals surface area contributed by atoms with Crippen molar-refractivity contribution in [1.29, 1.82) is 0 Å². The first kappa shape index (κ1) is 7.12. The van der Waals surface area contributed by atoms with Gasteiger partial charge in [0.25, 0.3) is 0 Å². The molecule has 2 fully saturated rings. The molecule has 0 radical (unpaired) electrons. The van der Waals surface area contributed by atoms with E-state index >= 15 is 0 Å². The molecule has 1 heterocycles. The Hall–Kier alpha value is -1.32. The van der Waals surface area contributed by atoms with Crippen molar-refractivity contribution in [3.8, 4) is 0 Å². The average Bonchev–Trinajstić information content (AvgIpc) is 2.69. The molecule has 0 N–H and O–H groups in total. The van der Waals surface area contributed by atoms with Gasteiger partial charge in [-0.05, 0) is 25.2 Å². The summed E-state index contributed by atoms with van der Waals surface area (Å²) in [6.45, 7) is 0. The number of carbonyl (C=O) groups excluding carboxylic acids is 2. The molecule has 0 aromatic rings. The summed E-state index contributed by atoms with van der Waals surface area (Å²) < 4.78 is 0. The van der Waals surface area contributed by atoms with Crippen LogP contribution in [0, 0.1) is 11.3 Å². The number of allylic oxidation sites excluding steroid dienone is 1. The summed E-state index contributed by atoms with van der Waals surface area (Å²) in [5, 5.41) is 0. The third-order valence-electron chi connectivity index (χ3n) is 3.27. The van der Waals surface area contributed by atoms with Gasteiger partial charge in [0.2, 0.25) is 0 Å². The molecule has 3 aliphatic rings. The summed E-state index contributed by atoms with van der Waals surface area (Å²) in [5.41, 5.74) is -0.111. The monoisotopic (exact) mass is 180 g/mol. The number of carbonyl (C=O) groups is 2. The molecular weight excluding hydrogens is 172 g/mol. The first-order valence-corrected chi connectivity index (χ1v) is 4.38. The zero-order chi connectivity index (χ0) is 9.05. The minimum atomic E-state index is -0.639. The maximum Gasteiger partial charge on any atom is 0.383 e. The Labute approximate surface area is 74.4 Å². The van der Waals surface area contributed by atoms with Crippen LogP contribution in [0.15, 0.2) is 11.6 Å². The van der Waals surface area contributed by atoms with Gasteiger partial charge in [-0.3, -0.25) is 0 Å².